The number of hydrogen-bond acceptors (Lipinski definition) is 1. The van der Waals surface area contributed by atoms with Crippen molar-refractivity contribution in [2.24, 2.45) is 4.99 Å². The summed E-state index contributed by atoms with van der Waals surface area (Å²) < 4.78 is 0. The zero-order valence-corrected chi connectivity index (χ0v) is 21.3. The van der Waals surface area contributed by atoms with Crippen molar-refractivity contribution >= 4 is 35.0 Å². The predicted octanol–water partition coefficient (Wildman–Crippen LogP) is 8.32. The topological polar surface area (TPSA) is 43.9 Å². The minimum Gasteiger partial charge on any atom is -0.360 e. The fraction of sp³-hybridized carbons (Fsp3) is 0.167. The highest BCUT2D eigenvalue weighted by Gasteiger charge is 2.18. The van der Waals surface area contributed by atoms with Crippen molar-refractivity contribution in [3.05, 3.63) is 134 Å². The number of benzene rings is 2. The van der Waals surface area contributed by atoms with Crippen LogP contribution in [0.2, 0.25) is 10.0 Å². The number of allylic oxidation sites excluding steroid dienone is 2. The van der Waals surface area contributed by atoms with Gasteiger partial charge < -0.3 is 9.97 Å². The SMILES string of the molecule is CCC1=CC(=Cc2[nH]c(Cc3ccc(Cl)cc3)cc2Cc2ccc(Cl)cc2)N=C1c1cc(C)c[nH]1. The highest BCUT2D eigenvalue weighted by Crippen LogP contribution is 2.27. The molecule has 2 aromatic carbocycles. The molecule has 5 heteroatoms. The molecule has 0 bridgehead atoms. The Hall–Kier alpha value is -3.27. The number of nitrogens with zero attached hydrogens (tertiary/aromatic N) is 1. The first-order valence-electron chi connectivity index (χ1n) is 11.8. The first-order valence-corrected chi connectivity index (χ1v) is 12.6. The van der Waals surface area contributed by atoms with E-state index in [0.717, 1.165) is 57.8 Å². The van der Waals surface area contributed by atoms with Gasteiger partial charge in [-0.15, -0.1) is 0 Å². The molecule has 0 aliphatic carbocycles. The molecule has 0 atom stereocenters. The van der Waals surface area contributed by atoms with Gasteiger partial charge in [-0.3, -0.25) is 0 Å². The van der Waals surface area contributed by atoms with Crippen LogP contribution in [0, 0.1) is 6.92 Å². The third-order valence-electron chi connectivity index (χ3n) is 6.23. The van der Waals surface area contributed by atoms with E-state index in [1.807, 2.05) is 30.5 Å². The number of rotatable bonds is 7. The second kappa shape index (κ2) is 10.2. The summed E-state index contributed by atoms with van der Waals surface area (Å²) in [6, 6.07) is 20.5. The molecule has 4 aromatic rings. The summed E-state index contributed by atoms with van der Waals surface area (Å²) >= 11 is 12.2. The summed E-state index contributed by atoms with van der Waals surface area (Å²) in [5.41, 5.74) is 11.4. The van der Waals surface area contributed by atoms with E-state index < -0.39 is 0 Å². The van der Waals surface area contributed by atoms with Crippen LogP contribution in [0.1, 0.15) is 52.7 Å². The molecule has 5 rings (SSSR count). The van der Waals surface area contributed by atoms with Crippen LogP contribution in [0.5, 0.6) is 0 Å². The van der Waals surface area contributed by atoms with Gasteiger partial charge in [-0.1, -0.05) is 54.4 Å². The molecule has 2 aromatic heterocycles. The predicted molar refractivity (Wildman–Crippen MR) is 148 cm³/mol. The third-order valence-corrected chi connectivity index (χ3v) is 6.73. The van der Waals surface area contributed by atoms with Crippen LogP contribution in [0.25, 0.3) is 6.08 Å². The molecule has 0 spiro atoms. The number of aromatic amines is 2. The monoisotopic (exact) mass is 499 g/mol. The smallest absolute Gasteiger partial charge is 0.0904 e. The number of aliphatic imine (C=N–C) groups is 1. The quantitative estimate of drug-likeness (QED) is 0.256. The van der Waals surface area contributed by atoms with Crippen molar-refractivity contribution in [2.75, 3.05) is 0 Å². The van der Waals surface area contributed by atoms with Crippen LogP contribution in [0.15, 0.2) is 89.2 Å². The lowest BCUT2D eigenvalue weighted by atomic mass is 10.0. The van der Waals surface area contributed by atoms with Gasteiger partial charge in [0.1, 0.15) is 0 Å². The van der Waals surface area contributed by atoms with Gasteiger partial charge in [0, 0.05) is 34.1 Å². The first-order chi connectivity index (χ1) is 17.0. The van der Waals surface area contributed by atoms with Crippen LogP contribution in [0.3, 0.4) is 0 Å². The first kappa shape index (κ1) is 23.5. The lowest BCUT2D eigenvalue weighted by Crippen LogP contribution is -2.01. The van der Waals surface area contributed by atoms with Gasteiger partial charge in [-0.2, -0.15) is 0 Å². The molecule has 0 fully saturated rings. The maximum atomic E-state index is 6.11. The van der Waals surface area contributed by atoms with Gasteiger partial charge in [0.25, 0.3) is 0 Å². The average molecular weight is 500 g/mol. The van der Waals surface area contributed by atoms with E-state index in [1.54, 1.807) is 0 Å². The molecule has 0 unspecified atom stereocenters. The normalized spacial score (nSPS) is 14.5. The van der Waals surface area contributed by atoms with Crippen LogP contribution in [-0.4, -0.2) is 15.7 Å². The maximum Gasteiger partial charge on any atom is 0.0904 e. The second-order valence-corrected chi connectivity index (χ2v) is 9.86. The van der Waals surface area contributed by atoms with Crippen molar-refractivity contribution in [2.45, 2.75) is 33.1 Å². The zero-order chi connectivity index (χ0) is 24.4. The standard InChI is InChI=1S/C30H27Cl2N3/c1-3-22-15-27(35-30(22)29-12-19(2)18-33-29)17-28-23(13-20-4-8-24(31)9-5-20)16-26(34-28)14-21-6-10-25(32)11-7-21/h4-12,15-18,33-34H,3,13-14H2,1-2H3. The van der Waals surface area contributed by atoms with Crippen molar-refractivity contribution in [3.63, 3.8) is 0 Å². The molecule has 1 aliphatic rings. The summed E-state index contributed by atoms with van der Waals surface area (Å²) in [6.07, 6.45) is 8.92. The lowest BCUT2D eigenvalue weighted by molar-refractivity contribution is 1.10. The van der Waals surface area contributed by atoms with Crippen LogP contribution in [-0.2, 0) is 12.8 Å². The molecule has 0 saturated carbocycles. The highest BCUT2D eigenvalue weighted by molar-refractivity contribution is 6.30. The largest absolute Gasteiger partial charge is 0.360 e. The van der Waals surface area contributed by atoms with Gasteiger partial charge in [0.15, 0.2) is 0 Å². The van der Waals surface area contributed by atoms with E-state index in [1.165, 1.54) is 27.8 Å². The molecule has 2 N–H and O–H groups in total. The Kier molecular flexibility index (Phi) is 6.81. The van der Waals surface area contributed by atoms with E-state index in [0.29, 0.717) is 0 Å². The number of aromatic nitrogens is 2. The fourth-order valence-electron chi connectivity index (χ4n) is 4.44. The van der Waals surface area contributed by atoms with Crippen LogP contribution in [0.4, 0.5) is 0 Å². The molecule has 0 radical (unpaired) electrons. The van der Waals surface area contributed by atoms with E-state index in [-0.39, 0.29) is 0 Å². The van der Waals surface area contributed by atoms with Gasteiger partial charge in [0.05, 0.1) is 17.1 Å². The highest BCUT2D eigenvalue weighted by atomic mass is 35.5. The summed E-state index contributed by atoms with van der Waals surface area (Å²) in [5.74, 6) is 0. The Bertz CT molecular complexity index is 1430. The Morgan fingerprint density at radius 1 is 0.886 bits per heavy atom. The molecule has 3 nitrogen and oxygen atoms in total. The van der Waals surface area contributed by atoms with E-state index >= 15 is 0 Å². The molecule has 176 valence electrons. The minimum atomic E-state index is 0.748. The Labute approximate surface area is 216 Å². The fourth-order valence-corrected chi connectivity index (χ4v) is 4.69. The number of aryl methyl sites for hydroxylation is 1. The molecule has 35 heavy (non-hydrogen) atoms. The van der Waals surface area contributed by atoms with E-state index in [2.05, 4.69) is 72.4 Å². The molecule has 1 aliphatic heterocycles. The summed E-state index contributed by atoms with van der Waals surface area (Å²) in [5, 5.41) is 1.50. The van der Waals surface area contributed by atoms with Crippen molar-refractivity contribution in [1.82, 2.24) is 9.97 Å². The molecule has 0 saturated heterocycles. The Morgan fingerprint density at radius 2 is 1.54 bits per heavy atom. The lowest BCUT2D eigenvalue weighted by Gasteiger charge is -2.02. The van der Waals surface area contributed by atoms with Crippen LogP contribution >= 0.6 is 23.2 Å². The van der Waals surface area contributed by atoms with Crippen molar-refractivity contribution < 1.29 is 0 Å². The second-order valence-electron chi connectivity index (χ2n) is 8.98. The molecule has 0 amide bonds. The van der Waals surface area contributed by atoms with E-state index in [9.17, 15) is 0 Å². The third kappa shape index (κ3) is 5.53. The van der Waals surface area contributed by atoms with Gasteiger partial charge in [0.2, 0.25) is 0 Å². The van der Waals surface area contributed by atoms with Gasteiger partial charge >= 0.3 is 0 Å². The summed E-state index contributed by atoms with van der Waals surface area (Å²) in [7, 11) is 0. The van der Waals surface area contributed by atoms with Gasteiger partial charge in [-0.05, 0) is 96.1 Å². The molecular formula is C30H27Cl2N3. The Balaban J connectivity index is 1.50. The van der Waals surface area contributed by atoms with Crippen molar-refractivity contribution in [1.29, 1.82) is 0 Å². The summed E-state index contributed by atoms with van der Waals surface area (Å²) in [6.45, 7) is 4.26. The maximum absolute atomic E-state index is 6.11. The summed E-state index contributed by atoms with van der Waals surface area (Å²) in [4.78, 5) is 12.0. The molecule has 3 heterocycles. The number of hydrogen-bond donors (Lipinski definition) is 2. The average Bonchev–Trinajstić information content (AvgIpc) is 3.56. The van der Waals surface area contributed by atoms with Gasteiger partial charge in [-0.25, -0.2) is 4.99 Å². The number of H-pyrrole nitrogens is 2. The van der Waals surface area contributed by atoms with Crippen molar-refractivity contribution in [3.8, 4) is 0 Å². The minimum absolute atomic E-state index is 0.748. The van der Waals surface area contributed by atoms with E-state index in [4.69, 9.17) is 28.2 Å². The Morgan fingerprint density at radius 3 is 2.14 bits per heavy atom. The van der Waals surface area contributed by atoms with Crippen LogP contribution < -0.4 is 0 Å². The number of nitrogens with one attached hydrogen (secondary N) is 2. The zero-order valence-electron chi connectivity index (χ0n) is 19.8. The number of halogens is 2. The molecular weight excluding hydrogens is 473 g/mol.